The van der Waals surface area contributed by atoms with Gasteiger partial charge in [0, 0.05) is 36.7 Å². The van der Waals surface area contributed by atoms with Crippen molar-refractivity contribution in [3.05, 3.63) is 108 Å². The normalized spacial score (nSPS) is 16.9. The number of hydrogen-bond donors (Lipinski definition) is 2. The molecule has 3 heterocycles. The third-order valence-electron chi connectivity index (χ3n) is 6.35. The molecule has 0 saturated carbocycles. The predicted molar refractivity (Wildman–Crippen MR) is 144 cm³/mol. The Morgan fingerprint density at radius 2 is 1.86 bits per heavy atom. The standard InChI is InChI=1S/C28H26FN5O2S/c1-36-24-10-3-2-7-21(24)31-25(35)15-18-34-27(26(32-28(34)37)22-8-4-5-16-30-22)23-9-6-17-33(23)20-13-11-19(29)12-14-20/h2-14,16-17,26-27H,15,18H2,1H3,(H,31,35)(H,32,37)/t26-,27+/m1/s1. The van der Waals surface area contributed by atoms with Crippen LogP contribution < -0.4 is 15.4 Å². The van der Waals surface area contributed by atoms with E-state index in [1.807, 2.05) is 58.1 Å². The summed E-state index contributed by atoms with van der Waals surface area (Å²) >= 11 is 5.74. The number of methoxy groups -OCH3 is 1. The van der Waals surface area contributed by atoms with Crippen LogP contribution in [0.15, 0.2) is 91.3 Å². The number of para-hydroxylation sites is 2. The molecule has 0 radical (unpaired) electrons. The lowest BCUT2D eigenvalue weighted by Gasteiger charge is -2.29. The minimum absolute atomic E-state index is 0.152. The van der Waals surface area contributed by atoms with Crippen LogP contribution in [0, 0.1) is 5.82 Å². The Morgan fingerprint density at radius 1 is 1.08 bits per heavy atom. The number of anilines is 1. The highest BCUT2D eigenvalue weighted by molar-refractivity contribution is 7.80. The molecule has 9 heteroatoms. The summed E-state index contributed by atoms with van der Waals surface area (Å²) in [6.45, 7) is 0.384. The fourth-order valence-electron chi connectivity index (χ4n) is 4.62. The molecule has 0 unspecified atom stereocenters. The van der Waals surface area contributed by atoms with Gasteiger partial charge in [0.2, 0.25) is 5.91 Å². The van der Waals surface area contributed by atoms with E-state index in [2.05, 4.69) is 15.6 Å². The van der Waals surface area contributed by atoms with E-state index in [1.54, 1.807) is 37.6 Å². The van der Waals surface area contributed by atoms with Crippen LogP contribution in [0.25, 0.3) is 5.69 Å². The van der Waals surface area contributed by atoms with Gasteiger partial charge in [-0.25, -0.2) is 4.39 Å². The molecule has 2 atom stereocenters. The maximum Gasteiger partial charge on any atom is 0.226 e. The molecule has 0 spiro atoms. The molecular weight excluding hydrogens is 489 g/mol. The van der Waals surface area contributed by atoms with Gasteiger partial charge in [0.05, 0.1) is 30.6 Å². The van der Waals surface area contributed by atoms with Crippen molar-refractivity contribution in [3.63, 3.8) is 0 Å². The lowest BCUT2D eigenvalue weighted by atomic mass is 10.0. The first-order chi connectivity index (χ1) is 18.0. The van der Waals surface area contributed by atoms with Gasteiger partial charge in [-0.15, -0.1) is 0 Å². The molecule has 1 aliphatic heterocycles. The quantitative estimate of drug-likeness (QED) is 0.321. The molecule has 1 saturated heterocycles. The lowest BCUT2D eigenvalue weighted by molar-refractivity contribution is -0.116. The van der Waals surface area contributed by atoms with Crippen LogP contribution in [0.4, 0.5) is 10.1 Å². The zero-order valence-electron chi connectivity index (χ0n) is 20.2. The number of benzene rings is 2. The molecule has 1 amide bonds. The van der Waals surface area contributed by atoms with Crippen molar-refractivity contribution in [1.82, 2.24) is 19.8 Å². The molecule has 37 heavy (non-hydrogen) atoms. The second-order valence-corrected chi connectivity index (χ2v) is 8.98. The summed E-state index contributed by atoms with van der Waals surface area (Å²) in [5.74, 6) is 0.149. The maximum absolute atomic E-state index is 13.6. The van der Waals surface area contributed by atoms with Gasteiger partial charge in [-0.1, -0.05) is 18.2 Å². The van der Waals surface area contributed by atoms with Crippen molar-refractivity contribution < 1.29 is 13.9 Å². The van der Waals surface area contributed by atoms with Crippen LogP contribution in [0.1, 0.15) is 29.9 Å². The number of hydrogen-bond acceptors (Lipinski definition) is 4. The number of thiocarbonyl (C=S) groups is 1. The Balaban J connectivity index is 1.43. The number of ether oxygens (including phenoxy) is 1. The molecule has 188 valence electrons. The molecule has 7 nitrogen and oxygen atoms in total. The SMILES string of the molecule is COc1ccccc1NC(=O)CCN1C(=S)N[C@H](c2ccccn2)[C@@H]1c1cccn1-c1ccc(F)cc1. The number of aromatic nitrogens is 2. The van der Waals surface area contributed by atoms with Crippen LogP contribution in [0.3, 0.4) is 0 Å². The summed E-state index contributed by atoms with van der Waals surface area (Å²) < 4.78 is 21.0. The Hall–Kier alpha value is -4.24. The van der Waals surface area contributed by atoms with Crippen LogP contribution >= 0.6 is 12.2 Å². The van der Waals surface area contributed by atoms with E-state index in [9.17, 15) is 9.18 Å². The minimum Gasteiger partial charge on any atom is -0.495 e. The minimum atomic E-state index is -0.296. The Labute approximate surface area is 219 Å². The van der Waals surface area contributed by atoms with Crippen molar-refractivity contribution in [2.45, 2.75) is 18.5 Å². The predicted octanol–water partition coefficient (Wildman–Crippen LogP) is 5.02. The number of rotatable bonds is 8. The van der Waals surface area contributed by atoms with Gasteiger partial charge >= 0.3 is 0 Å². The van der Waals surface area contributed by atoms with Crippen LogP contribution in [0.2, 0.25) is 0 Å². The molecule has 5 rings (SSSR count). The molecule has 2 aromatic heterocycles. The highest BCUT2D eigenvalue weighted by Crippen LogP contribution is 2.39. The Kier molecular flexibility index (Phi) is 7.14. The van der Waals surface area contributed by atoms with Gasteiger partial charge < -0.3 is 24.8 Å². The van der Waals surface area contributed by atoms with E-state index in [4.69, 9.17) is 17.0 Å². The summed E-state index contributed by atoms with van der Waals surface area (Å²) in [4.78, 5) is 19.5. The average molecular weight is 516 g/mol. The first-order valence-electron chi connectivity index (χ1n) is 11.9. The first kappa shape index (κ1) is 24.5. The molecule has 1 aliphatic rings. The van der Waals surface area contributed by atoms with Gasteiger partial charge in [0.15, 0.2) is 5.11 Å². The third-order valence-corrected chi connectivity index (χ3v) is 6.70. The summed E-state index contributed by atoms with van der Waals surface area (Å²) in [7, 11) is 1.57. The number of pyridine rings is 1. The van der Waals surface area contributed by atoms with Crippen molar-refractivity contribution in [3.8, 4) is 11.4 Å². The molecular formula is C28H26FN5O2S. The third kappa shape index (κ3) is 5.17. The van der Waals surface area contributed by atoms with Crippen molar-refractivity contribution in [1.29, 1.82) is 0 Å². The largest absolute Gasteiger partial charge is 0.495 e. The summed E-state index contributed by atoms with van der Waals surface area (Å²) in [6.07, 6.45) is 3.90. The smallest absolute Gasteiger partial charge is 0.226 e. The Bertz CT molecular complexity index is 1390. The van der Waals surface area contributed by atoms with Gasteiger partial charge in [-0.05, 0) is 72.9 Å². The molecule has 0 bridgehead atoms. The Morgan fingerprint density at radius 3 is 2.62 bits per heavy atom. The fourth-order valence-corrected chi connectivity index (χ4v) is 4.95. The van der Waals surface area contributed by atoms with E-state index in [0.29, 0.717) is 23.1 Å². The fraction of sp³-hybridized carbons (Fsp3) is 0.179. The highest BCUT2D eigenvalue weighted by atomic mass is 32.1. The molecule has 0 aliphatic carbocycles. The van der Waals surface area contributed by atoms with E-state index in [1.165, 1.54) is 12.1 Å². The van der Waals surface area contributed by atoms with Gasteiger partial charge in [0.25, 0.3) is 0 Å². The second-order valence-electron chi connectivity index (χ2n) is 8.60. The van der Waals surface area contributed by atoms with Crippen molar-refractivity contribution in [2.75, 3.05) is 19.0 Å². The van der Waals surface area contributed by atoms with Gasteiger partial charge in [-0.3, -0.25) is 9.78 Å². The number of carbonyl (C=O) groups is 1. The average Bonchev–Trinajstić information content (AvgIpc) is 3.53. The summed E-state index contributed by atoms with van der Waals surface area (Å²) in [5, 5.41) is 6.88. The van der Waals surface area contributed by atoms with Gasteiger partial charge in [-0.2, -0.15) is 0 Å². The van der Waals surface area contributed by atoms with Crippen LogP contribution in [-0.4, -0.2) is 39.1 Å². The second kappa shape index (κ2) is 10.8. The first-order valence-corrected chi connectivity index (χ1v) is 12.3. The molecule has 1 fully saturated rings. The van der Waals surface area contributed by atoms with E-state index >= 15 is 0 Å². The van der Waals surface area contributed by atoms with Crippen molar-refractivity contribution in [2.24, 2.45) is 0 Å². The number of halogens is 1. The summed E-state index contributed by atoms with van der Waals surface area (Å²) in [5.41, 5.74) is 3.22. The topological polar surface area (TPSA) is 71.4 Å². The van der Waals surface area contributed by atoms with Crippen LogP contribution in [0.5, 0.6) is 5.75 Å². The highest BCUT2D eigenvalue weighted by Gasteiger charge is 2.41. The molecule has 2 N–H and O–H groups in total. The number of nitrogens with zero attached hydrogens (tertiary/aromatic N) is 3. The van der Waals surface area contributed by atoms with Crippen molar-refractivity contribution >= 4 is 28.9 Å². The molecule has 4 aromatic rings. The number of amides is 1. The monoisotopic (exact) mass is 515 g/mol. The van der Waals surface area contributed by atoms with E-state index < -0.39 is 0 Å². The van der Waals surface area contributed by atoms with Gasteiger partial charge in [0.1, 0.15) is 11.6 Å². The molecule has 2 aromatic carbocycles. The summed E-state index contributed by atoms with van der Waals surface area (Å²) in [6, 6.07) is 22.9. The maximum atomic E-state index is 13.6. The van der Waals surface area contributed by atoms with E-state index in [0.717, 1.165) is 17.1 Å². The number of carbonyl (C=O) groups excluding carboxylic acids is 1. The zero-order valence-corrected chi connectivity index (χ0v) is 21.0. The van der Waals surface area contributed by atoms with Crippen LogP contribution in [-0.2, 0) is 4.79 Å². The zero-order chi connectivity index (χ0) is 25.8. The lowest BCUT2D eigenvalue weighted by Crippen LogP contribution is -2.33. The number of nitrogens with one attached hydrogen (secondary N) is 2. The van der Waals surface area contributed by atoms with E-state index in [-0.39, 0.29) is 30.2 Å².